The summed E-state index contributed by atoms with van der Waals surface area (Å²) in [5, 5.41) is 3.03. The molecule has 5 heteroatoms. The number of amides is 2. The minimum Gasteiger partial charge on any atom is -0.447 e. The maximum Gasteiger partial charge on any atom is 0.414 e. The van der Waals surface area contributed by atoms with Crippen molar-refractivity contribution in [3.8, 4) is 0 Å². The molecule has 5 nitrogen and oxygen atoms in total. The van der Waals surface area contributed by atoms with E-state index in [1.807, 2.05) is 24.3 Å². The highest BCUT2D eigenvalue weighted by Crippen LogP contribution is 2.32. The van der Waals surface area contributed by atoms with Crippen molar-refractivity contribution in [3.05, 3.63) is 24.3 Å². The molecule has 1 aromatic rings. The molecule has 130 valence electrons. The van der Waals surface area contributed by atoms with Crippen LogP contribution in [0.2, 0.25) is 0 Å². The summed E-state index contributed by atoms with van der Waals surface area (Å²) < 4.78 is 4.97. The van der Waals surface area contributed by atoms with Gasteiger partial charge in [-0.25, -0.2) is 4.79 Å². The summed E-state index contributed by atoms with van der Waals surface area (Å²) in [6.45, 7) is 3.04. The van der Waals surface area contributed by atoms with Crippen LogP contribution in [0.3, 0.4) is 0 Å². The number of ether oxygens (including phenoxy) is 1. The van der Waals surface area contributed by atoms with E-state index >= 15 is 0 Å². The predicted molar refractivity (Wildman–Crippen MR) is 94.1 cm³/mol. The van der Waals surface area contributed by atoms with Crippen LogP contribution in [0.1, 0.15) is 45.4 Å². The van der Waals surface area contributed by atoms with Gasteiger partial charge in [-0.3, -0.25) is 9.69 Å². The molecule has 0 radical (unpaired) electrons. The van der Waals surface area contributed by atoms with Crippen LogP contribution in [-0.2, 0) is 9.53 Å². The van der Waals surface area contributed by atoms with Crippen molar-refractivity contribution in [2.45, 2.75) is 45.4 Å². The van der Waals surface area contributed by atoms with Crippen molar-refractivity contribution in [3.63, 3.8) is 0 Å². The fraction of sp³-hybridized carbons (Fsp3) is 0.579. The Morgan fingerprint density at radius 3 is 2.83 bits per heavy atom. The van der Waals surface area contributed by atoms with Gasteiger partial charge < -0.3 is 10.1 Å². The van der Waals surface area contributed by atoms with E-state index in [2.05, 4.69) is 12.2 Å². The average Bonchev–Trinajstić information content (AvgIpc) is 3.24. The molecule has 1 heterocycles. The molecule has 1 saturated heterocycles. The molecular weight excluding hydrogens is 304 g/mol. The molecule has 1 unspecified atom stereocenters. The third-order valence-corrected chi connectivity index (χ3v) is 5.14. The Labute approximate surface area is 143 Å². The first-order chi connectivity index (χ1) is 11.7. The topological polar surface area (TPSA) is 58.6 Å². The number of rotatable bonds is 6. The van der Waals surface area contributed by atoms with Crippen LogP contribution in [-0.4, -0.2) is 25.2 Å². The number of hydrogen-bond acceptors (Lipinski definition) is 3. The van der Waals surface area contributed by atoms with E-state index in [1.165, 1.54) is 25.7 Å². The van der Waals surface area contributed by atoms with Gasteiger partial charge in [-0.15, -0.1) is 0 Å². The van der Waals surface area contributed by atoms with Gasteiger partial charge in [0.25, 0.3) is 0 Å². The fourth-order valence-electron chi connectivity index (χ4n) is 3.73. The molecule has 1 N–H and O–H groups in total. The molecule has 1 saturated carbocycles. The highest BCUT2D eigenvalue weighted by molar-refractivity contribution is 5.94. The third kappa shape index (κ3) is 3.89. The second-order valence-corrected chi connectivity index (χ2v) is 6.80. The summed E-state index contributed by atoms with van der Waals surface area (Å²) in [4.78, 5) is 25.9. The second-order valence-electron chi connectivity index (χ2n) is 6.80. The highest BCUT2D eigenvalue weighted by Gasteiger charge is 2.25. The van der Waals surface area contributed by atoms with Gasteiger partial charge in [0.2, 0.25) is 5.91 Å². The van der Waals surface area contributed by atoms with Crippen LogP contribution in [0.4, 0.5) is 16.2 Å². The molecular formula is C19H26N2O3. The van der Waals surface area contributed by atoms with E-state index in [1.54, 1.807) is 4.90 Å². The fourth-order valence-corrected chi connectivity index (χ4v) is 3.73. The number of hydrogen-bond donors (Lipinski definition) is 1. The van der Waals surface area contributed by atoms with Crippen molar-refractivity contribution in [1.82, 2.24) is 0 Å². The van der Waals surface area contributed by atoms with Gasteiger partial charge in [0.05, 0.1) is 6.54 Å². The van der Waals surface area contributed by atoms with Gasteiger partial charge in [-0.1, -0.05) is 38.7 Å². The maximum atomic E-state index is 12.6. The van der Waals surface area contributed by atoms with E-state index in [-0.39, 0.29) is 17.9 Å². The number of carbonyl (C=O) groups excluding carboxylic acids is 2. The zero-order chi connectivity index (χ0) is 16.9. The lowest BCUT2D eigenvalue weighted by Crippen LogP contribution is -2.25. The predicted octanol–water partition coefficient (Wildman–Crippen LogP) is 4.19. The second kappa shape index (κ2) is 7.69. The molecule has 0 aromatic heterocycles. The summed E-state index contributed by atoms with van der Waals surface area (Å²) in [5.41, 5.74) is 1.50. The first kappa shape index (κ1) is 16.8. The molecule has 24 heavy (non-hydrogen) atoms. The summed E-state index contributed by atoms with van der Waals surface area (Å²) in [5.74, 6) is 0.852. The Morgan fingerprint density at radius 1 is 1.38 bits per heavy atom. The number of cyclic esters (lactones) is 1. The van der Waals surface area contributed by atoms with Crippen LogP contribution in [0.25, 0.3) is 0 Å². The highest BCUT2D eigenvalue weighted by atomic mass is 16.6. The van der Waals surface area contributed by atoms with Crippen molar-refractivity contribution in [2.75, 3.05) is 23.4 Å². The lowest BCUT2D eigenvalue weighted by atomic mass is 9.91. The molecule has 2 aliphatic rings. The summed E-state index contributed by atoms with van der Waals surface area (Å²) in [6.07, 6.45) is 6.65. The lowest BCUT2D eigenvalue weighted by Gasteiger charge is -2.19. The van der Waals surface area contributed by atoms with Crippen molar-refractivity contribution in [1.29, 1.82) is 0 Å². The largest absolute Gasteiger partial charge is 0.447 e. The van der Waals surface area contributed by atoms with Crippen molar-refractivity contribution < 1.29 is 14.3 Å². The van der Waals surface area contributed by atoms with Crippen LogP contribution >= 0.6 is 0 Å². The molecule has 1 atom stereocenters. The van der Waals surface area contributed by atoms with E-state index in [0.29, 0.717) is 19.1 Å². The SMILES string of the molecule is CCC(CC1CCCC1)C(=O)Nc1cccc(N2CCOC2=O)c1. The monoisotopic (exact) mass is 330 g/mol. The van der Waals surface area contributed by atoms with E-state index in [4.69, 9.17) is 4.74 Å². The summed E-state index contributed by atoms with van der Waals surface area (Å²) >= 11 is 0. The van der Waals surface area contributed by atoms with Crippen LogP contribution in [0, 0.1) is 11.8 Å². The first-order valence-corrected chi connectivity index (χ1v) is 9.02. The van der Waals surface area contributed by atoms with E-state index in [0.717, 1.165) is 24.2 Å². The maximum absolute atomic E-state index is 12.6. The van der Waals surface area contributed by atoms with Gasteiger partial charge in [0.15, 0.2) is 0 Å². The van der Waals surface area contributed by atoms with Gasteiger partial charge in [-0.05, 0) is 37.0 Å². The lowest BCUT2D eigenvalue weighted by molar-refractivity contribution is -0.120. The molecule has 1 aliphatic heterocycles. The molecule has 1 aliphatic carbocycles. The minimum absolute atomic E-state index is 0.0634. The van der Waals surface area contributed by atoms with Gasteiger partial charge in [-0.2, -0.15) is 0 Å². The number of benzene rings is 1. The number of anilines is 2. The number of nitrogens with zero attached hydrogens (tertiary/aromatic N) is 1. The van der Waals surface area contributed by atoms with Crippen molar-refractivity contribution >= 4 is 23.4 Å². The normalized spacial score (nSPS) is 19.4. The number of carbonyl (C=O) groups is 2. The Balaban J connectivity index is 1.63. The number of nitrogens with one attached hydrogen (secondary N) is 1. The van der Waals surface area contributed by atoms with Crippen molar-refractivity contribution in [2.24, 2.45) is 11.8 Å². The standard InChI is InChI=1S/C19H26N2O3/c1-2-15(12-14-6-3-4-7-14)18(22)20-16-8-5-9-17(13-16)21-10-11-24-19(21)23/h5,8-9,13-15H,2-4,6-7,10-12H2,1H3,(H,20,22). The van der Waals surface area contributed by atoms with E-state index < -0.39 is 0 Å². The van der Waals surface area contributed by atoms with Gasteiger partial charge in [0.1, 0.15) is 6.61 Å². The summed E-state index contributed by atoms with van der Waals surface area (Å²) in [6, 6.07) is 7.42. The van der Waals surface area contributed by atoms with Crippen LogP contribution < -0.4 is 10.2 Å². The van der Waals surface area contributed by atoms with E-state index in [9.17, 15) is 9.59 Å². The van der Waals surface area contributed by atoms with Crippen LogP contribution in [0.15, 0.2) is 24.3 Å². The quantitative estimate of drug-likeness (QED) is 0.851. The molecule has 2 fully saturated rings. The molecule has 0 spiro atoms. The van der Waals surface area contributed by atoms with Crippen LogP contribution in [0.5, 0.6) is 0 Å². The zero-order valence-corrected chi connectivity index (χ0v) is 14.3. The summed E-state index contributed by atoms with van der Waals surface area (Å²) in [7, 11) is 0. The zero-order valence-electron chi connectivity index (χ0n) is 14.3. The average molecular weight is 330 g/mol. The molecule has 0 bridgehead atoms. The molecule has 1 aromatic carbocycles. The molecule has 3 rings (SSSR count). The first-order valence-electron chi connectivity index (χ1n) is 9.02. The Bertz CT molecular complexity index is 596. The Kier molecular flexibility index (Phi) is 5.38. The smallest absolute Gasteiger partial charge is 0.414 e. The molecule has 2 amide bonds. The Morgan fingerprint density at radius 2 is 2.17 bits per heavy atom. The third-order valence-electron chi connectivity index (χ3n) is 5.14. The minimum atomic E-state index is -0.328. The van der Waals surface area contributed by atoms with Gasteiger partial charge in [0, 0.05) is 17.3 Å². The van der Waals surface area contributed by atoms with Gasteiger partial charge >= 0.3 is 6.09 Å². The Hall–Kier alpha value is -2.04.